The third kappa shape index (κ3) is 3.54. The summed E-state index contributed by atoms with van der Waals surface area (Å²) in [5.41, 5.74) is 2.75. The normalized spacial score (nSPS) is 17.7. The molecule has 0 aliphatic carbocycles. The van der Waals surface area contributed by atoms with Crippen LogP contribution < -0.4 is 4.90 Å². The quantitative estimate of drug-likeness (QED) is 0.621. The van der Waals surface area contributed by atoms with Crippen LogP contribution in [0.4, 0.5) is 5.69 Å². The van der Waals surface area contributed by atoms with Crippen LogP contribution in [0.2, 0.25) is 0 Å². The van der Waals surface area contributed by atoms with Crippen molar-refractivity contribution in [3.05, 3.63) is 48.0 Å². The average molecular weight is 431 g/mol. The largest absolute Gasteiger partial charge is 0.311 e. The zero-order valence-electron chi connectivity index (χ0n) is 16.3. The van der Waals surface area contributed by atoms with Crippen LogP contribution in [0.5, 0.6) is 0 Å². The van der Waals surface area contributed by atoms with Crippen molar-refractivity contribution in [2.75, 3.05) is 18.0 Å². The number of benzene rings is 2. The maximum Gasteiger partial charge on any atom is 0.246 e. The van der Waals surface area contributed by atoms with Gasteiger partial charge in [0.15, 0.2) is 0 Å². The van der Waals surface area contributed by atoms with Gasteiger partial charge in [0.25, 0.3) is 0 Å². The number of carbonyl (C=O) groups excluding carboxylic acids is 1. The molecule has 0 N–H and O–H groups in total. The summed E-state index contributed by atoms with van der Waals surface area (Å²) in [5, 5.41) is 0. The van der Waals surface area contributed by atoms with E-state index in [1.54, 1.807) is 17.0 Å². The lowest BCUT2D eigenvalue weighted by Gasteiger charge is -2.29. The van der Waals surface area contributed by atoms with Crippen molar-refractivity contribution >= 4 is 44.4 Å². The number of rotatable bonds is 5. The number of sulfonamides is 1. The highest BCUT2D eigenvalue weighted by Crippen LogP contribution is 2.31. The van der Waals surface area contributed by atoms with Gasteiger partial charge in [-0.2, -0.15) is 13.1 Å². The molecular formula is C20H22N4O3S2. The van der Waals surface area contributed by atoms with E-state index in [0.29, 0.717) is 37.0 Å². The van der Waals surface area contributed by atoms with Crippen LogP contribution in [-0.2, 0) is 14.8 Å². The second-order valence-corrected chi connectivity index (χ2v) is 9.47. The number of carbonyl (C=O) groups is 1. The van der Waals surface area contributed by atoms with Crippen LogP contribution in [-0.4, -0.2) is 46.5 Å². The molecule has 1 atom stereocenters. The molecule has 0 spiro atoms. The van der Waals surface area contributed by atoms with Gasteiger partial charge in [-0.3, -0.25) is 4.79 Å². The summed E-state index contributed by atoms with van der Waals surface area (Å²) in [5.74, 6) is -0.192. The highest BCUT2D eigenvalue weighted by molar-refractivity contribution is 7.89. The Bertz CT molecular complexity index is 1160. The zero-order valence-corrected chi connectivity index (χ0v) is 17.9. The van der Waals surface area contributed by atoms with Crippen LogP contribution in [0.1, 0.15) is 25.3 Å². The Kier molecular flexibility index (Phi) is 5.37. The van der Waals surface area contributed by atoms with Gasteiger partial charge in [-0.1, -0.05) is 18.2 Å². The van der Waals surface area contributed by atoms with Gasteiger partial charge in [-0.05, 0) is 56.5 Å². The fourth-order valence-electron chi connectivity index (χ4n) is 3.83. The summed E-state index contributed by atoms with van der Waals surface area (Å²) in [6.45, 7) is 4.66. The molecule has 1 fully saturated rings. The van der Waals surface area contributed by atoms with Crippen molar-refractivity contribution in [1.82, 2.24) is 13.1 Å². The van der Waals surface area contributed by atoms with Crippen LogP contribution in [0.15, 0.2) is 47.4 Å². The molecule has 2 heterocycles. The van der Waals surface area contributed by atoms with Crippen molar-refractivity contribution in [2.45, 2.75) is 37.6 Å². The Labute approximate surface area is 174 Å². The fourth-order valence-corrected chi connectivity index (χ4v) is 6.24. The number of amides is 1. The molecule has 3 aromatic rings. The average Bonchev–Trinajstić information content (AvgIpc) is 3.38. The van der Waals surface area contributed by atoms with Crippen LogP contribution >= 0.6 is 11.7 Å². The lowest BCUT2D eigenvalue weighted by Crippen LogP contribution is -2.48. The Morgan fingerprint density at radius 1 is 1.24 bits per heavy atom. The number of anilines is 1. The summed E-state index contributed by atoms with van der Waals surface area (Å²) >= 11 is 0.982. The summed E-state index contributed by atoms with van der Waals surface area (Å²) < 4.78 is 36.5. The molecule has 1 aliphatic rings. The first-order valence-corrected chi connectivity index (χ1v) is 11.7. The lowest BCUT2D eigenvalue weighted by molar-refractivity contribution is -0.121. The number of hydrogen-bond donors (Lipinski definition) is 0. The Morgan fingerprint density at radius 2 is 2.03 bits per heavy atom. The number of fused-ring (bicyclic) bond motifs is 1. The van der Waals surface area contributed by atoms with E-state index in [2.05, 4.69) is 8.75 Å². The molecular weight excluding hydrogens is 408 g/mol. The maximum absolute atomic E-state index is 13.5. The van der Waals surface area contributed by atoms with Crippen molar-refractivity contribution in [2.24, 2.45) is 0 Å². The number of aromatic nitrogens is 2. The molecule has 152 valence electrons. The summed E-state index contributed by atoms with van der Waals surface area (Å²) in [6, 6.07) is 11.9. The molecule has 1 aromatic heterocycles. The lowest BCUT2D eigenvalue weighted by atomic mass is 10.1. The molecule has 0 radical (unpaired) electrons. The monoisotopic (exact) mass is 430 g/mol. The van der Waals surface area contributed by atoms with Gasteiger partial charge in [0, 0.05) is 18.8 Å². The predicted octanol–water partition coefficient (Wildman–Crippen LogP) is 3.21. The first-order chi connectivity index (χ1) is 13.9. The van der Waals surface area contributed by atoms with Crippen molar-refractivity contribution in [1.29, 1.82) is 0 Å². The minimum atomic E-state index is -3.87. The highest BCUT2D eigenvalue weighted by atomic mass is 32.2. The summed E-state index contributed by atoms with van der Waals surface area (Å²) in [7, 11) is -3.87. The Morgan fingerprint density at radius 3 is 2.79 bits per heavy atom. The van der Waals surface area contributed by atoms with Crippen molar-refractivity contribution in [3.63, 3.8) is 0 Å². The number of hydrogen-bond acceptors (Lipinski definition) is 6. The SMILES string of the molecule is CCN(C(=O)C1CCCN1S(=O)(=O)c1cccc2nsnc12)c1cccc(C)c1. The topological polar surface area (TPSA) is 83.5 Å². The van der Waals surface area contributed by atoms with E-state index in [1.807, 2.05) is 38.1 Å². The minimum Gasteiger partial charge on any atom is -0.311 e. The van der Waals surface area contributed by atoms with Gasteiger partial charge >= 0.3 is 0 Å². The fraction of sp³-hybridized carbons (Fsp3) is 0.350. The molecule has 4 rings (SSSR count). The van der Waals surface area contributed by atoms with E-state index in [-0.39, 0.29) is 10.8 Å². The van der Waals surface area contributed by atoms with E-state index in [4.69, 9.17) is 0 Å². The molecule has 9 heteroatoms. The number of likely N-dealkylation sites (N-methyl/N-ethyl adjacent to an activating group) is 1. The predicted molar refractivity (Wildman–Crippen MR) is 114 cm³/mol. The second kappa shape index (κ2) is 7.81. The standard InChI is InChI=1S/C20H22N4O3S2/c1-3-23(15-8-4-7-14(2)13-15)20(25)17-10-6-12-24(17)29(26,27)18-11-5-9-16-19(18)22-28-21-16/h4-5,7-9,11,13,17H,3,6,10,12H2,1-2H3. The first-order valence-electron chi connectivity index (χ1n) is 9.54. The third-order valence-corrected chi connectivity index (χ3v) is 7.70. The van der Waals surface area contributed by atoms with Crippen molar-refractivity contribution < 1.29 is 13.2 Å². The maximum atomic E-state index is 13.5. The molecule has 1 amide bonds. The van der Waals surface area contributed by atoms with Gasteiger partial charge in [0.2, 0.25) is 15.9 Å². The number of nitrogens with zero attached hydrogens (tertiary/aromatic N) is 4. The van der Waals surface area contributed by atoms with E-state index < -0.39 is 16.1 Å². The molecule has 1 unspecified atom stereocenters. The Hall–Kier alpha value is -2.36. The van der Waals surface area contributed by atoms with Crippen LogP contribution in [0.3, 0.4) is 0 Å². The van der Waals surface area contributed by atoms with Gasteiger partial charge in [-0.15, -0.1) is 0 Å². The second-order valence-electron chi connectivity index (χ2n) is 7.08. The van der Waals surface area contributed by atoms with E-state index in [0.717, 1.165) is 23.0 Å². The number of aryl methyl sites for hydroxylation is 1. The van der Waals surface area contributed by atoms with Crippen molar-refractivity contribution in [3.8, 4) is 0 Å². The molecule has 1 saturated heterocycles. The van der Waals surface area contributed by atoms with Crippen LogP contribution in [0.25, 0.3) is 11.0 Å². The Balaban J connectivity index is 1.70. The van der Waals surface area contributed by atoms with E-state index >= 15 is 0 Å². The summed E-state index contributed by atoms with van der Waals surface area (Å²) in [4.78, 5) is 15.2. The highest BCUT2D eigenvalue weighted by Gasteiger charge is 2.42. The molecule has 0 saturated carbocycles. The summed E-state index contributed by atoms with van der Waals surface area (Å²) in [6.07, 6.45) is 1.15. The molecule has 2 aromatic carbocycles. The van der Waals surface area contributed by atoms with Gasteiger partial charge < -0.3 is 4.90 Å². The van der Waals surface area contributed by atoms with Gasteiger partial charge in [0.1, 0.15) is 22.0 Å². The van der Waals surface area contributed by atoms with Crippen LogP contribution in [0, 0.1) is 6.92 Å². The smallest absolute Gasteiger partial charge is 0.246 e. The third-order valence-electron chi connectivity index (χ3n) is 5.22. The molecule has 7 nitrogen and oxygen atoms in total. The molecule has 0 bridgehead atoms. The minimum absolute atomic E-state index is 0.113. The first kappa shape index (κ1) is 19.9. The molecule has 29 heavy (non-hydrogen) atoms. The van der Waals surface area contributed by atoms with Gasteiger partial charge in [0.05, 0.1) is 11.7 Å². The van der Waals surface area contributed by atoms with E-state index in [9.17, 15) is 13.2 Å². The zero-order chi connectivity index (χ0) is 20.6. The molecule has 1 aliphatic heterocycles. The van der Waals surface area contributed by atoms with Gasteiger partial charge in [-0.25, -0.2) is 8.42 Å². The van der Waals surface area contributed by atoms with E-state index in [1.165, 1.54) is 10.4 Å².